The second-order valence-corrected chi connectivity index (χ2v) is 8.13. The first kappa shape index (κ1) is 26.1. The van der Waals surface area contributed by atoms with Crippen molar-refractivity contribution >= 4 is 41.9 Å². The van der Waals surface area contributed by atoms with E-state index in [-0.39, 0.29) is 42.7 Å². The number of piperazine rings is 1. The largest absolute Gasteiger partial charge is 0.363 e. The Kier molecular flexibility index (Phi) is 12.0. The highest BCUT2D eigenvalue weighted by molar-refractivity contribution is 7.12. The van der Waals surface area contributed by atoms with Crippen LogP contribution in [0, 0.1) is 5.92 Å². The van der Waals surface area contributed by atoms with Gasteiger partial charge < -0.3 is 9.64 Å². The summed E-state index contributed by atoms with van der Waals surface area (Å²) in [7, 11) is 0. The summed E-state index contributed by atoms with van der Waals surface area (Å²) in [4.78, 5) is 18.2. The van der Waals surface area contributed by atoms with Crippen LogP contribution in [0.4, 0.5) is 0 Å². The molecule has 0 aliphatic carbocycles. The standard InChI is InChI=1S/C22H30N2O2S.2ClH/c1-3-26-21(16-19-8-5-4-6-9-19)24-13-11-23(12-14-24)17-18(2)22(25)20-10-7-15-27-20;;/h4-10,15,18,21H,3,11-14,16-17H2,1-2H3;2*1H. The molecule has 2 aromatic rings. The van der Waals surface area contributed by atoms with E-state index in [1.807, 2.05) is 24.4 Å². The number of benzene rings is 1. The molecule has 162 valence electrons. The van der Waals surface area contributed by atoms with Gasteiger partial charge in [-0.15, -0.1) is 36.2 Å². The van der Waals surface area contributed by atoms with Gasteiger partial charge in [0.2, 0.25) is 0 Å². The summed E-state index contributed by atoms with van der Waals surface area (Å²) in [6, 6.07) is 14.4. The van der Waals surface area contributed by atoms with Crippen LogP contribution in [0.25, 0.3) is 0 Å². The molecule has 0 amide bonds. The Morgan fingerprint density at radius 2 is 1.76 bits per heavy atom. The summed E-state index contributed by atoms with van der Waals surface area (Å²) in [5.41, 5.74) is 1.31. The molecule has 3 rings (SSSR count). The van der Waals surface area contributed by atoms with Gasteiger partial charge in [0.25, 0.3) is 0 Å². The molecule has 29 heavy (non-hydrogen) atoms. The lowest BCUT2D eigenvalue weighted by atomic mass is 10.0. The van der Waals surface area contributed by atoms with E-state index in [4.69, 9.17) is 4.74 Å². The molecule has 2 atom stereocenters. The topological polar surface area (TPSA) is 32.8 Å². The highest BCUT2D eigenvalue weighted by atomic mass is 35.5. The maximum absolute atomic E-state index is 12.5. The highest BCUT2D eigenvalue weighted by Crippen LogP contribution is 2.18. The number of nitrogens with zero attached hydrogens (tertiary/aromatic N) is 2. The normalized spacial score (nSPS) is 17.0. The summed E-state index contributed by atoms with van der Waals surface area (Å²) < 4.78 is 6.04. The molecule has 7 heteroatoms. The summed E-state index contributed by atoms with van der Waals surface area (Å²) in [6.45, 7) is 9.61. The molecule has 2 heterocycles. The van der Waals surface area contributed by atoms with Crippen molar-refractivity contribution in [1.29, 1.82) is 0 Å². The number of hydrogen-bond donors (Lipinski definition) is 0. The van der Waals surface area contributed by atoms with Crippen LogP contribution >= 0.6 is 36.2 Å². The minimum absolute atomic E-state index is 0. The maximum atomic E-state index is 12.5. The van der Waals surface area contributed by atoms with Gasteiger partial charge in [-0.1, -0.05) is 43.3 Å². The van der Waals surface area contributed by atoms with Crippen molar-refractivity contribution in [3.05, 3.63) is 58.3 Å². The minimum atomic E-state index is 0. The molecule has 0 N–H and O–H groups in total. The van der Waals surface area contributed by atoms with Crippen molar-refractivity contribution in [3.63, 3.8) is 0 Å². The molecular weight excluding hydrogens is 427 g/mol. The zero-order valence-electron chi connectivity index (χ0n) is 17.2. The van der Waals surface area contributed by atoms with Gasteiger partial charge in [0.1, 0.15) is 6.23 Å². The van der Waals surface area contributed by atoms with Crippen molar-refractivity contribution in [2.45, 2.75) is 26.5 Å². The molecule has 0 bridgehead atoms. The van der Waals surface area contributed by atoms with Gasteiger partial charge in [0.15, 0.2) is 5.78 Å². The van der Waals surface area contributed by atoms with E-state index >= 15 is 0 Å². The number of carbonyl (C=O) groups excluding carboxylic acids is 1. The fraction of sp³-hybridized carbons (Fsp3) is 0.500. The van der Waals surface area contributed by atoms with Gasteiger partial charge >= 0.3 is 0 Å². The van der Waals surface area contributed by atoms with Gasteiger partial charge in [-0.2, -0.15) is 0 Å². The maximum Gasteiger partial charge on any atom is 0.176 e. The summed E-state index contributed by atoms with van der Waals surface area (Å²) in [5.74, 6) is 0.311. The fourth-order valence-corrected chi connectivity index (χ4v) is 4.45. The Hall–Kier alpha value is -0.950. The van der Waals surface area contributed by atoms with Crippen LogP contribution in [0.5, 0.6) is 0 Å². The number of carbonyl (C=O) groups is 1. The fourth-order valence-electron chi connectivity index (χ4n) is 3.67. The van der Waals surface area contributed by atoms with Crippen molar-refractivity contribution in [2.24, 2.45) is 5.92 Å². The van der Waals surface area contributed by atoms with E-state index < -0.39 is 0 Å². The summed E-state index contributed by atoms with van der Waals surface area (Å²) in [6.07, 6.45) is 1.05. The predicted octanol–water partition coefficient (Wildman–Crippen LogP) is 4.63. The number of halogens is 2. The van der Waals surface area contributed by atoms with E-state index in [0.717, 1.165) is 50.6 Å². The van der Waals surface area contributed by atoms with E-state index in [1.165, 1.54) is 16.9 Å². The van der Waals surface area contributed by atoms with Crippen molar-refractivity contribution in [1.82, 2.24) is 9.80 Å². The van der Waals surface area contributed by atoms with Crippen LogP contribution in [-0.4, -0.2) is 61.1 Å². The van der Waals surface area contributed by atoms with E-state index in [0.29, 0.717) is 0 Å². The molecule has 0 radical (unpaired) electrons. The van der Waals surface area contributed by atoms with E-state index in [9.17, 15) is 4.79 Å². The molecule has 1 aromatic carbocycles. The van der Waals surface area contributed by atoms with Crippen LogP contribution in [0.1, 0.15) is 29.1 Å². The predicted molar refractivity (Wildman–Crippen MR) is 126 cm³/mol. The molecule has 4 nitrogen and oxygen atoms in total. The summed E-state index contributed by atoms with van der Waals surface area (Å²) in [5, 5.41) is 1.97. The number of ether oxygens (including phenoxy) is 1. The SMILES string of the molecule is CCOC(Cc1ccccc1)N1CCN(CC(C)C(=O)c2cccs2)CC1.Cl.Cl. The number of hydrogen-bond acceptors (Lipinski definition) is 5. The number of rotatable bonds is 9. The van der Waals surface area contributed by atoms with Crippen LogP contribution in [-0.2, 0) is 11.2 Å². The first-order chi connectivity index (χ1) is 13.2. The second-order valence-electron chi connectivity index (χ2n) is 7.18. The third kappa shape index (κ3) is 7.67. The van der Waals surface area contributed by atoms with Gasteiger partial charge in [-0.3, -0.25) is 9.69 Å². The third-order valence-electron chi connectivity index (χ3n) is 5.17. The molecule has 0 spiro atoms. The average molecular weight is 459 g/mol. The molecule has 2 unspecified atom stereocenters. The molecule has 0 saturated carbocycles. The van der Waals surface area contributed by atoms with E-state index in [1.54, 1.807) is 0 Å². The van der Waals surface area contributed by atoms with Gasteiger partial charge in [0.05, 0.1) is 4.88 Å². The smallest absolute Gasteiger partial charge is 0.176 e. The molecular formula is C22H32Cl2N2O2S. The molecule has 1 fully saturated rings. The van der Waals surface area contributed by atoms with Gasteiger partial charge in [-0.05, 0) is 23.9 Å². The van der Waals surface area contributed by atoms with Crippen molar-refractivity contribution in [2.75, 3.05) is 39.3 Å². The molecule has 1 aliphatic heterocycles. The van der Waals surface area contributed by atoms with Crippen LogP contribution in [0.2, 0.25) is 0 Å². The monoisotopic (exact) mass is 458 g/mol. The highest BCUT2D eigenvalue weighted by Gasteiger charge is 2.26. The molecule has 1 saturated heterocycles. The second kappa shape index (κ2) is 13.4. The van der Waals surface area contributed by atoms with Gasteiger partial charge in [-0.25, -0.2) is 0 Å². The molecule has 1 aromatic heterocycles. The minimum Gasteiger partial charge on any atom is -0.363 e. The Bertz CT molecular complexity index is 692. The summed E-state index contributed by atoms with van der Waals surface area (Å²) >= 11 is 1.54. The number of ketones is 1. The zero-order valence-corrected chi connectivity index (χ0v) is 19.6. The lowest BCUT2D eigenvalue weighted by Gasteiger charge is -2.39. The number of thiophene rings is 1. The lowest BCUT2D eigenvalue weighted by molar-refractivity contribution is -0.0719. The quantitative estimate of drug-likeness (QED) is 0.512. The van der Waals surface area contributed by atoms with Gasteiger partial charge in [0, 0.05) is 51.7 Å². The Morgan fingerprint density at radius 1 is 1.07 bits per heavy atom. The first-order valence-corrected chi connectivity index (χ1v) is 10.7. The third-order valence-corrected chi connectivity index (χ3v) is 6.05. The van der Waals surface area contributed by atoms with Crippen molar-refractivity contribution in [3.8, 4) is 0 Å². The van der Waals surface area contributed by atoms with Crippen LogP contribution < -0.4 is 0 Å². The Balaban J connectivity index is 0.00000210. The lowest BCUT2D eigenvalue weighted by Crippen LogP contribution is -2.52. The Labute approximate surface area is 191 Å². The van der Waals surface area contributed by atoms with Crippen molar-refractivity contribution < 1.29 is 9.53 Å². The van der Waals surface area contributed by atoms with E-state index in [2.05, 4.69) is 47.1 Å². The first-order valence-electron chi connectivity index (χ1n) is 9.87. The van der Waals surface area contributed by atoms with Crippen LogP contribution in [0.15, 0.2) is 47.8 Å². The van der Waals surface area contributed by atoms with Crippen LogP contribution in [0.3, 0.4) is 0 Å². The average Bonchev–Trinajstić information content (AvgIpc) is 3.23. The number of Topliss-reactive ketones (excluding diaryl/α,β-unsaturated/α-hetero) is 1. The zero-order chi connectivity index (χ0) is 19.1. The molecule has 1 aliphatic rings. The Morgan fingerprint density at radius 3 is 2.34 bits per heavy atom.